The van der Waals surface area contributed by atoms with E-state index in [9.17, 15) is 8.42 Å². The van der Waals surface area contributed by atoms with Gasteiger partial charge in [0.2, 0.25) is 10.0 Å². The average Bonchev–Trinajstić information content (AvgIpc) is 2.48. The highest BCUT2D eigenvalue weighted by atomic mass is 32.2. The minimum Gasteiger partial charge on any atom is -0.395 e. The molecule has 6 heteroatoms. The summed E-state index contributed by atoms with van der Waals surface area (Å²) in [6, 6.07) is 1.57. The molecule has 2 rings (SSSR count). The number of aromatic nitrogens is 1. The molecule has 1 aliphatic rings. The predicted octanol–water partition coefficient (Wildman–Crippen LogP) is 1.38. The van der Waals surface area contributed by atoms with Crippen LogP contribution >= 0.6 is 0 Å². The van der Waals surface area contributed by atoms with Crippen LogP contribution in [0.5, 0.6) is 0 Å². The molecule has 21 heavy (non-hydrogen) atoms. The fourth-order valence-corrected chi connectivity index (χ4v) is 4.10. The number of hydrogen-bond acceptors (Lipinski definition) is 4. The van der Waals surface area contributed by atoms with Crippen LogP contribution < -0.4 is 0 Å². The lowest BCUT2D eigenvalue weighted by Gasteiger charge is -2.32. The zero-order valence-electron chi connectivity index (χ0n) is 12.1. The second-order valence-electron chi connectivity index (χ2n) is 5.15. The van der Waals surface area contributed by atoms with Gasteiger partial charge in [0.25, 0.3) is 0 Å². The van der Waals surface area contributed by atoms with Crippen LogP contribution in [-0.4, -0.2) is 42.0 Å². The van der Waals surface area contributed by atoms with Gasteiger partial charge in [0, 0.05) is 37.0 Å². The largest absolute Gasteiger partial charge is 0.395 e. The molecule has 1 fully saturated rings. The summed E-state index contributed by atoms with van der Waals surface area (Å²) in [6.07, 6.45) is 6.12. The van der Waals surface area contributed by atoms with Gasteiger partial charge in [-0.3, -0.25) is 4.98 Å². The standard InChI is InChI=1S/C15H20N2O3S/c1-13-6-2-4-8-17(13)21(19,20)15-10-14(11-16-12-15)7-3-5-9-18/h10-13,18H,2,4-6,8-9H2,1H3. The van der Waals surface area contributed by atoms with Crippen molar-refractivity contribution in [3.05, 3.63) is 24.0 Å². The number of nitrogens with zero attached hydrogens (tertiary/aromatic N) is 2. The molecule has 1 atom stereocenters. The number of aliphatic hydroxyl groups is 1. The molecule has 0 spiro atoms. The maximum Gasteiger partial charge on any atom is 0.244 e. The summed E-state index contributed by atoms with van der Waals surface area (Å²) in [5.41, 5.74) is 0.550. The van der Waals surface area contributed by atoms with E-state index in [2.05, 4.69) is 16.8 Å². The van der Waals surface area contributed by atoms with Crippen molar-refractivity contribution in [3.63, 3.8) is 0 Å². The normalized spacial score (nSPS) is 19.8. The van der Waals surface area contributed by atoms with Crippen LogP contribution in [0, 0.1) is 11.8 Å². The number of sulfonamides is 1. The Morgan fingerprint density at radius 3 is 2.95 bits per heavy atom. The van der Waals surface area contributed by atoms with Crippen molar-refractivity contribution in [2.24, 2.45) is 0 Å². The van der Waals surface area contributed by atoms with Crippen molar-refractivity contribution in [3.8, 4) is 11.8 Å². The molecule has 1 saturated heterocycles. The van der Waals surface area contributed by atoms with E-state index in [-0.39, 0.29) is 17.5 Å². The number of piperidine rings is 1. The van der Waals surface area contributed by atoms with Gasteiger partial charge >= 0.3 is 0 Å². The molecule has 0 amide bonds. The highest BCUT2D eigenvalue weighted by Crippen LogP contribution is 2.24. The predicted molar refractivity (Wildman–Crippen MR) is 80.0 cm³/mol. The molecule has 2 heterocycles. The minimum absolute atomic E-state index is 0.0102. The third kappa shape index (κ3) is 3.82. The minimum atomic E-state index is -3.51. The van der Waals surface area contributed by atoms with Crippen LogP contribution in [0.15, 0.2) is 23.4 Å². The Labute approximate surface area is 126 Å². The molecule has 1 N–H and O–H groups in total. The number of aliphatic hydroxyl groups excluding tert-OH is 1. The van der Waals surface area contributed by atoms with Crippen LogP contribution in [0.3, 0.4) is 0 Å². The second kappa shape index (κ2) is 7.03. The molecule has 0 saturated carbocycles. The Kier molecular flexibility index (Phi) is 5.34. The lowest BCUT2D eigenvalue weighted by molar-refractivity contribution is 0.268. The summed E-state index contributed by atoms with van der Waals surface area (Å²) in [6.45, 7) is 2.49. The quantitative estimate of drug-likeness (QED) is 0.856. The lowest BCUT2D eigenvalue weighted by Crippen LogP contribution is -2.41. The molecule has 5 nitrogen and oxygen atoms in total. The van der Waals surface area contributed by atoms with Crippen LogP contribution in [0.4, 0.5) is 0 Å². The van der Waals surface area contributed by atoms with Crippen molar-refractivity contribution in [1.29, 1.82) is 0 Å². The maximum atomic E-state index is 12.7. The average molecular weight is 308 g/mol. The highest BCUT2D eigenvalue weighted by molar-refractivity contribution is 7.89. The summed E-state index contributed by atoms with van der Waals surface area (Å²) in [5.74, 6) is 5.59. The van der Waals surface area contributed by atoms with Crippen molar-refractivity contribution in [2.75, 3.05) is 13.2 Å². The van der Waals surface area contributed by atoms with Gasteiger partial charge in [-0.15, -0.1) is 0 Å². The smallest absolute Gasteiger partial charge is 0.244 e. The summed E-state index contributed by atoms with van der Waals surface area (Å²) in [7, 11) is -3.51. The molecule has 1 aromatic heterocycles. The van der Waals surface area contributed by atoms with Gasteiger partial charge in [-0.05, 0) is 25.8 Å². The van der Waals surface area contributed by atoms with E-state index in [0.717, 1.165) is 19.3 Å². The number of pyridine rings is 1. The van der Waals surface area contributed by atoms with Crippen LogP contribution in [0.1, 0.15) is 38.2 Å². The Balaban J connectivity index is 2.28. The third-order valence-corrected chi connectivity index (χ3v) is 5.51. The van der Waals surface area contributed by atoms with Crippen LogP contribution in [0.2, 0.25) is 0 Å². The van der Waals surface area contributed by atoms with Crippen LogP contribution in [0.25, 0.3) is 0 Å². The SMILES string of the molecule is CC1CCCCN1S(=O)(=O)c1cncc(C#CCCO)c1. The molecule has 0 aromatic carbocycles. The molecular weight excluding hydrogens is 288 g/mol. The Morgan fingerprint density at radius 2 is 2.24 bits per heavy atom. The monoisotopic (exact) mass is 308 g/mol. The molecule has 1 aromatic rings. The second-order valence-corrected chi connectivity index (χ2v) is 7.04. The van der Waals surface area contributed by atoms with Gasteiger partial charge in [-0.1, -0.05) is 18.3 Å². The van der Waals surface area contributed by atoms with Gasteiger partial charge in [-0.25, -0.2) is 8.42 Å². The van der Waals surface area contributed by atoms with Crippen molar-refractivity contribution in [2.45, 2.75) is 43.5 Å². The molecule has 0 aliphatic carbocycles. The molecule has 0 radical (unpaired) electrons. The zero-order chi connectivity index (χ0) is 15.3. The van der Waals surface area contributed by atoms with Crippen molar-refractivity contribution >= 4 is 10.0 Å². The van der Waals surface area contributed by atoms with E-state index in [0.29, 0.717) is 18.5 Å². The van der Waals surface area contributed by atoms with E-state index in [1.54, 1.807) is 10.4 Å². The van der Waals surface area contributed by atoms with Gasteiger partial charge in [0.05, 0.1) is 6.61 Å². The fraction of sp³-hybridized carbons (Fsp3) is 0.533. The number of rotatable bonds is 3. The lowest BCUT2D eigenvalue weighted by atomic mass is 10.1. The highest BCUT2D eigenvalue weighted by Gasteiger charge is 2.31. The summed E-state index contributed by atoms with van der Waals surface area (Å²) in [4.78, 5) is 4.17. The summed E-state index contributed by atoms with van der Waals surface area (Å²) < 4.78 is 26.9. The van der Waals surface area contributed by atoms with E-state index in [4.69, 9.17) is 5.11 Å². The first-order valence-electron chi connectivity index (χ1n) is 7.12. The van der Waals surface area contributed by atoms with E-state index >= 15 is 0 Å². The molecule has 1 unspecified atom stereocenters. The van der Waals surface area contributed by atoms with E-state index < -0.39 is 10.0 Å². The Hall–Kier alpha value is -1.42. The summed E-state index contributed by atoms with van der Waals surface area (Å²) in [5, 5.41) is 8.71. The van der Waals surface area contributed by atoms with Gasteiger partial charge < -0.3 is 5.11 Å². The van der Waals surface area contributed by atoms with Gasteiger partial charge in [-0.2, -0.15) is 4.31 Å². The molecule has 114 valence electrons. The summed E-state index contributed by atoms with van der Waals surface area (Å²) >= 11 is 0. The van der Waals surface area contributed by atoms with E-state index in [1.165, 1.54) is 12.4 Å². The maximum absolute atomic E-state index is 12.7. The number of hydrogen-bond donors (Lipinski definition) is 1. The Bertz CT molecular complexity index is 646. The van der Waals surface area contributed by atoms with Gasteiger partial charge in [0.15, 0.2) is 0 Å². The fourth-order valence-electron chi connectivity index (χ4n) is 2.41. The Morgan fingerprint density at radius 1 is 1.43 bits per heavy atom. The first-order valence-corrected chi connectivity index (χ1v) is 8.56. The van der Waals surface area contributed by atoms with E-state index in [1.807, 2.05) is 6.92 Å². The topological polar surface area (TPSA) is 70.5 Å². The molecule has 0 bridgehead atoms. The van der Waals surface area contributed by atoms with Crippen molar-refractivity contribution in [1.82, 2.24) is 9.29 Å². The van der Waals surface area contributed by atoms with Crippen LogP contribution in [-0.2, 0) is 10.0 Å². The van der Waals surface area contributed by atoms with Crippen molar-refractivity contribution < 1.29 is 13.5 Å². The first kappa shape index (κ1) is 16.0. The zero-order valence-corrected chi connectivity index (χ0v) is 12.9. The first-order chi connectivity index (χ1) is 10.1. The third-order valence-electron chi connectivity index (χ3n) is 3.53. The molecule has 1 aliphatic heterocycles. The van der Waals surface area contributed by atoms with Gasteiger partial charge in [0.1, 0.15) is 4.90 Å². The molecular formula is C15H20N2O3S.